The number of likely N-dealkylation sites (N-methyl/N-ethyl adjacent to an activating group) is 1. The number of hydrogen-bond acceptors (Lipinski definition) is 2. The average Bonchev–Trinajstić information content (AvgIpc) is 3.12. The van der Waals surface area contributed by atoms with Crippen molar-refractivity contribution in [2.75, 3.05) is 52.9 Å². The topological polar surface area (TPSA) is 10.9 Å². The van der Waals surface area contributed by atoms with Crippen LogP contribution in [0.15, 0.2) is 12.2 Å². The van der Waals surface area contributed by atoms with Crippen molar-refractivity contribution in [2.24, 2.45) is 17.8 Å². The van der Waals surface area contributed by atoms with E-state index in [1.54, 1.807) is 4.90 Å². The molecule has 0 radical (unpaired) electrons. The first kappa shape index (κ1) is 14.2. The van der Waals surface area contributed by atoms with Gasteiger partial charge < -0.3 is 9.80 Å². The van der Waals surface area contributed by atoms with Gasteiger partial charge in [0, 0.05) is 25.7 Å². The molecule has 0 amide bonds. The summed E-state index contributed by atoms with van der Waals surface area (Å²) in [7, 11) is 2.34. The number of rotatable bonds is 3. The summed E-state index contributed by atoms with van der Waals surface area (Å²) in [5, 5.41) is 0. The third-order valence-electron chi connectivity index (χ3n) is 6.63. The summed E-state index contributed by atoms with van der Waals surface area (Å²) in [6.07, 6.45) is 10.7. The van der Waals surface area contributed by atoms with Crippen LogP contribution in [-0.2, 0) is 0 Å². The third-order valence-corrected chi connectivity index (χ3v) is 6.63. The predicted molar refractivity (Wildman–Crippen MR) is 86.5 cm³/mol. The molecule has 2 aliphatic heterocycles. The fourth-order valence-electron chi connectivity index (χ4n) is 5.17. The van der Waals surface area contributed by atoms with Crippen molar-refractivity contribution in [1.29, 1.82) is 0 Å². The van der Waals surface area contributed by atoms with Gasteiger partial charge in [-0.25, -0.2) is 0 Å². The molecule has 2 heterocycles. The zero-order valence-corrected chi connectivity index (χ0v) is 13.6. The maximum absolute atomic E-state index is 2.78. The Morgan fingerprint density at radius 1 is 1.00 bits per heavy atom. The molecule has 0 spiro atoms. The molecular weight excluding hydrogens is 258 g/mol. The molecule has 2 bridgehead atoms. The van der Waals surface area contributed by atoms with Crippen LogP contribution in [0.4, 0.5) is 0 Å². The fraction of sp³-hybridized carbons (Fsp3) is 0.889. The van der Waals surface area contributed by atoms with Gasteiger partial charge >= 0.3 is 0 Å². The number of nitrogens with zero attached hydrogens (tertiary/aromatic N) is 2. The highest BCUT2D eigenvalue weighted by molar-refractivity contribution is 5.10. The van der Waals surface area contributed by atoms with Crippen molar-refractivity contribution >= 4 is 0 Å². The monoisotopic (exact) mass is 290 g/mol. The highest BCUT2D eigenvalue weighted by atomic mass is 15.3. The summed E-state index contributed by atoms with van der Waals surface area (Å²) >= 11 is 0. The van der Waals surface area contributed by atoms with Gasteiger partial charge in [-0.1, -0.05) is 12.2 Å². The quantitative estimate of drug-likeness (QED) is 0.759. The molecule has 118 valence electrons. The highest BCUT2D eigenvalue weighted by Crippen LogP contribution is 2.43. The molecule has 21 heavy (non-hydrogen) atoms. The molecule has 4 rings (SSSR count). The molecule has 3 fully saturated rings. The molecule has 3 unspecified atom stereocenters. The number of fused-ring (bicyclic) bond motifs is 2. The second kappa shape index (κ2) is 6.02. The first-order valence-corrected chi connectivity index (χ1v) is 9.24. The fourth-order valence-corrected chi connectivity index (χ4v) is 5.17. The zero-order chi connectivity index (χ0) is 14.2. The van der Waals surface area contributed by atoms with Crippen LogP contribution in [0.3, 0.4) is 0 Å². The van der Waals surface area contributed by atoms with E-state index in [4.69, 9.17) is 0 Å². The van der Waals surface area contributed by atoms with Crippen LogP contribution in [0.1, 0.15) is 25.7 Å². The molecule has 0 aromatic heterocycles. The minimum atomic E-state index is 0.884. The Labute approximate surface area is 130 Å². The first-order chi connectivity index (χ1) is 10.3. The maximum atomic E-state index is 2.78. The summed E-state index contributed by atoms with van der Waals surface area (Å²) in [5.74, 6) is 2.84. The first-order valence-electron chi connectivity index (χ1n) is 9.24. The second-order valence-electron chi connectivity index (χ2n) is 8.07. The van der Waals surface area contributed by atoms with Gasteiger partial charge in [0.25, 0.3) is 0 Å². The molecule has 1 N–H and O–H groups in total. The SMILES string of the molecule is C[NH+]1CCN(C2CCN(CC3CC4C=CC3C4)CC2)CC1. The molecule has 0 aromatic rings. The Morgan fingerprint density at radius 3 is 2.38 bits per heavy atom. The standard InChI is InChI=1S/C18H31N3/c1-19-8-10-21(11-9-19)18-4-6-20(7-5-18)14-17-13-15-2-3-16(17)12-15/h2-3,15-18H,4-14H2,1H3/p+1. The number of piperazine rings is 1. The van der Waals surface area contributed by atoms with Gasteiger partial charge in [0.1, 0.15) is 0 Å². The van der Waals surface area contributed by atoms with Crippen molar-refractivity contribution in [2.45, 2.75) is 31.7 Å². The van der Waals surface area contributed by atoms with E-state index in [0.717, 1.165) is 23.8 Å². The van der Waals surface area contributed by atoms with Crippen LogP contribution in [0.25, 0.3) is 0 Å². The lowest BCUT2D eigenvalue weighted by atomic mass is 9.92. The van der Waals surface area contributed by atoms with Crippen LogP contribution < -0.4 is 4.90 Å². The van der Waals surface area contributed by atoms with Crippen molar-refractivity contribution in [1.82, 2.24) is 9.80 Å². The Bertz CT molecular complexity index is 378. The molecule has 2 aliphatic carbocycles. The summed E-state index contributed by atoms with van der Waals surface area (Å²) in [4.78, 5) is 7.27. The van der Waals surface area contributed by atoms with Gasteiger partial charge in [-0.3, -0.25) is 4.90 Å². The van der Waals surface area contributed by atoms with E-state index in [-0.39, 0.29) is 0 Å². The molecule has 0 aromatic carbocycles. The lowest BCUT2D eigenvalue weighted by Gasteiger charge is -2.41. The van der Waals surface area contributed by atoms with E-state index in [9.17, 15) is 0 Å². The van der Waals surface area contributed by atoms with Crippen LogP contribution in [-0.4, -0.2) is 68.7 Å². The summed E-state index contributed by atoms with van der Waals surface area (Å²) in [6.45, 7) is 9.42. The third kappa shape index (κ3) is 3.06. The van der Waals surface area contributed by atoms with E-state index in [1.807, 2.05) is 0 Å². The minimum Gasteiger partial charge on any atom is -0.335 e. The molecule has 3 atom stereocenters. The van der Waals surface area contributed by atoms with Crippen LogP contribution in [0.2, 0.25) is 0 Å². The Morgan fingerprint density at radius 2 is 1.76 bits per heavy atom. The summed E-state index contributed by atoms with van der Waals surface area (Å²) in [5.41, 5.74) is 0. The zero-order valence-electron chi connectivity index (χ0n) is 13.6. The summed E-state index contributed by atoms with van der Waals surface area (Å²) in [6, 6.07) is 0.884. The average molecular weight is 290 g/mol. The largest absolute Gasteiger partial charge is 0.335 e. The molecule has 4 aliphatic rings. The number of piperidine rings is 1. The van der Waals surface area contributed by atoms with E-state index in [2.05, 4.69) is 29.0 Å². The molecule has 3 heteroatoms. The molecular formula is C18H32N3+. The van der Waals surface area contributed by atoms with Crippen molar-refractivity contribution in [3.05, 3.63) is 12.2 Å². The number of quaternary nitrogens is 1. The number of likely N-dealkylation sites (tertiary alicyclic amines) is 1. The smallest absolute Gasteiger partial charge is 0.0898 e. The Kier molecular flexibility index (Phi) is 4.08. The predicted octanol–water partition coefficient (Wildman–Crippen LogP) is 0.493. The molecule has 1 saturated carbocycles. The van der Waals surface area contributed by atoms with Crippen LogP contribution in [0, 0.1) is 17.8 Å². The van der Waals surface area contributed by atoms with Gasteiger partial charge in [0.2, 0.25) is 0 Å². The van der Waals surface area contributed by atoms with Crippen molar-refractivity contribution < 1.29 is 4.90 Å². The van der Waals surface area contributed by atoms with Gasteiger partial charge in [-0.2, -0.15) is 0 Å². The lowest BCUT2D eigenvalue weighted by Crippen LogP contribution is -3.12. The summed E-state index contributed by atoms with van der Waals surface area (Å²) < 4.78 is 0. The van der Waals surface area contributed by atoms with Crippen molar-refractivity contribution in [3.8, 4) is 0 Å². The maximum Gasteiger partial charge on any atom is 0.0898 e. The normalized spacial score (nSPS) is 39.4. The highest BCUT2D eigenvalue weighted by Gasteiger charge is 2.37. The van der Waals surface area contributed by atoms with Crippen molar-refractivity contribution in [3.63, 3.8) is 0 Å². The number of hydrogen-bond donors (Lipinski definition) is 1. The number of allylic oxidation sites excluding steroid dienone is 2. The molecule has 3 nitrogen and oxygen atoms in total. The minimum absolute atomic E-state index is 0.884. The lowest BCUT2D eigenvalue weighted by molar-refractivity contribution is -0.884. The van der Waals surface area contributed by atoms with Gasteiger partial charge in [0.05, 0.1) is 20.1 Å². The van der Waals surface area contributed by atoms with Gasteiger partial charge in [-0.15, -0.1) is 0 Å². The van der Waals surface area contributed by atoms with Gasteiger partial charge in [-0.05, 0) is 56.5 Å². The number of nitrogens with one attached hydrogen (secondary N) is 1. The van der Waals surface area contributed by atoms with E-state index in [1.165, 1.54) is 71.5 Å². The van der Waals surface area contributed by atoms with E-state index < -0.39 is 0 Å². The van der Waals surface area contributed by atoms with Crippen LogP contribution in [0.5, 0.6) is 0 Å². The van der Waals surface area contributed by atoms with Gasteiger partial charge in [0.15, 0.2) is 0 Å². The van der Waals surface area contributed by atoms with E-state index in [0.29, 0.717) is 0 Å². The Hall–Kier alpha value is -0.380. The van der Waals surface area contributed by atoms with E-state index >= 15 is 0 Å². The molecule has 2 saturated heterocycles. The van der Waals surface area contributed by atoms with Crippen LogP contribution >= 0.6 is 0 Å². The second-order valence-corrected chi connectivity index (χ2v) is 8.07. The Balaban J connectivity index is 1.23.